The zero-order valence-corrected chi connectivity index (χ0v) is 16.7. The van der Waals surface area contributed by atoms with Gasteiger partial charge in [0.2, 0.25) is 0 Å². The molecule has 2 heterocycles. The lowest BCUT2D eigenvalue weighted by Gasteiger charge is -2.24. The number of hydrazone groups is 1. The van der Waals surface area contributed by atoms with E-state index in [2.05, 4.69) is 23.5 Å². The molecule has 1 aromatic heterocycles. The van der Waals surface area contributed by atoms with Crippen LogP contribution in [0.25, 0.3) is 0 Å². The Hall–Kier alpha value is -2.01. The molecular weight excluding hydrogens is 359 g/mol. The maximum absolute atomic E-state index is 14.3. The molecule has 1 unspecified atom stereocenters. The van der Waals surface area contributed by atoms with Crippen molar-refractivity contribution in [1.82, 2.24) is 5.01 Å². The van der Waals surface area contributed by atoms with Crippen LogP contribution in [0, 0.1) is 5.82 Å². The summed E-state index contributed by atoms with van der Waals surface area (Å²) in [6.45, 7) is 2.92. The van der Waals surface area contributed by atoms with Crippen molar-refractivity contribution < 1.29 is 9.18 Å². The van der Waals surface area contributed by atoms with Gasteiger partial charge in [0.05, 0.1) is 6.04 Å². The normalized spacial score (nSPS) is 16.6. The van der Waals surface area contributed by atoms with Crippen LogP contribution in [0.4, 0.5) is 4.39 Å². The van der Waals surface area contributed by atoms with E-state index in [0.717, 1.165) is 38.6 Å². The summed E-state index contributed by atoms with van der Waals surface area (Å²) < 4.78 is 14.3. The van der Waals surface area contributed by atoms with Gasteiger partial charge in [-0.1, -0.05) is 44.0 Å². The molecule has 144 valence electrons. The van der Waals surface area contributed by atoms with Gasteiger partial charge in [0, 0.05) is 29.8 Å². The number of Topliss-reactive ketones (excluding diaryl/α,β-unsaturated/α-hetero) is 1. The Bertz CT molecular complexity index is 772. The number of halogens is 1. The second-order valence-electron chi connectivity index (χ2n) is 7.01. The zero-order valence-electron chi connectivity index (χ0n) is 15.9. The van der Waals surface area contributed by atoms with Crippen LogP contribution in [-0.4, -0.2) is 23.0 Å². The molecule has 0 fully saturated rings. The third-order valence-corrected chi connectivity index (χ3v) is 5.92. The number of thiophene rings is 1. The van der Waals surface area contributed by atoms with E-state index in [1.165, 1.54) is 10.9 Å². The standard InChI is InChI=1S/C22H27FN2OS/c1-2-3-6-14-25-21(18-11-4-5-12-19(18)23)16-20(24-25)22(26)13-7-9-17-10-8-15-27-17/h4-5,8,10-12,15,21H,2-3,6-7,9,13-14,16H2,1H3. The number of unbranched alkanes of at least 4 members (excludes halogenated alkanes) is 2. The van der Waals surface area contributed by atoms with E-state index in [-0.39, 0.29) is 17.6 Å². The third kappa shape index (κ3) is 5.25. The molecule has 3 nitrogen and oxygen atoms in total. The highest BCUT2D eigenvalue weighted by atomic mass is 32.1. The number of rotatable bonds is 10. The molecule has 1 aromatic carbocycles. The van der Waals surface area contributed by atoms with Gasteiger partial charge in [0.15, 0.2) is 5.78 Å². The van der Waals surface area contributed by atoms with Gasteiger partial charge in [-0.2, -0.15) is 5.10 Å². The third-order valence-electron chi connectivity index (χ3n) is 4.98. The zero-order chi connectivity index (χ0) is 19.1. The maximum Gasteiger partial charge on any atom is 0.178 e. The van der Waals surface area contributed by atoms with E-state index in [9.17, 15) is 9.18 Å². The Kier molecular flexibility index (Phi) is 7.16. The first-order chi connectivity index (χ1) is 13.2. The van der Waals surface area contributed by atoms with Crippen molar-refractivity contribution in [3.63, 3.8) is 0 Å². The van der Waals surface area contributed by atoms with E-state index in [1.54, 1.807) is 17.4 Å². The predicted molar refractivity (Wildman–Crippen MR) is 110 cm³/mol. The van der Waals surface area contributed by atoms with Gasteiger partial charge in [-0.05, 0) is 36.8 Å². The fraction of sp³-hybridized carbons (Fsp3) is 0.455. The Balaban J connectivity index is 1.64. The molecule has 0 N–H and O–H groups in total. The minimum Gasteiger partial charge on any atom is -0.293 e. The molecule has 0 saturated carbocycles. The molecule has 0 spiro atoms. The lowest BCUT2D eigenvalue weighted by atomic mass is 9.98. The monoisotopic (exact) mass is 386 g/mol. The minimum atomic E-state index is -0.218. The summed E-state index contributed by atoms with van der Waals surface area (Å²) in [7, 11) is 0. The molecule has 0 bridgehead atoms. The molecule has 2 aromatic rings. The lowest BCUT2D eigenvalue weighted by Crippen LogP contribution is -2.21. The van der Waals surface area contributed by atoms with Gasteiger partial charge in [-0.25, -0.2) is 4.39 Å². The predicted octanol–water partition coefficient (Wildman–Crippen LogP) is 5.77. The van der Waals surface area contributed by atoms with Crippen LogP contribution in [0.3, 0.4) is 0 Å². The first kappa shape index (κ1) is 19.7. The van der Waals surface area contributed by atoms with E-state index < -0.39 is 0 Å². The summed E-state index contributed by atoms with van der Waals surface area (Å²) in [5.74, 6) is -0.115. The number of benzene rings is 1. The number of hydrogen-bond donors (Lipinski definition) is 0. The summed E-state index contributed by atoms with van der Waals surface area (Å²) in [6.07, 6.45) is 6.00. The van der Waals surface area contributed by atoms with Gasteiger partial charge in [0.1, 0.15) is 11.5 Å². The Morgan fingerprint density at radius 1 is 1.22 bits per heavy atom. The number of carbonyl (C=O) groups is 1. The van der Waals surface area contributed by atoms with Crippen LogP contribution in [0.5, 0.6) is 0 Å². The molecule has 0 radical (unpaired) electrons. The topological polar surface area (TPSA) is 32.7 Å². The molecule has 0 amide bonds. The highest BCUT2D eigenvalue weighted by Crippen LogP contribution is 2.33. The summed E-state index contributed by atoms with van der Waals surface area (Å²) in [4.78, 5) is 14.0. The fourth-order valence-electron chi connectivity index (χ4n) is 3.49. The van der Waals surface area contributed by atoms with Crippen LogP contribution in [0.2, 0.25) is 0 Å². The maximum atomic E-state index is 14.3. The molecule has 5 heteroatoms. The van der Waals surface area contributed by atoms with Crippen molar-refractivity contribution in [3.05, 3.63) is 58.0 Å². The van der Waals surface area contributed by atoms with Gasteiger partial charge >= 0.3 is 0 Å². The molecule has 0 aliphatic carbocycles. The molecule has 1 aliphatic heterocycles. The second-order valence-corrected chi connectivity index (χ2v) is 8.05. The van der Waals surface area contributed by atoms with Crippen molar-refractivity contribution in [2.75, 3.05) is 6.54 Å². The van der Waals surface area contributed by atoms with E-state index in [0.29, 0.717) is 24.1 Å². The minimum absolute atomic E-state index is 0.103. The van der Waals surface area contributed by atoms with Gasteiger partial charge in [-0.3, -0.25) is 9.80 Å². The average molecular weight is 387 g/mol. The van der Waals surface area contributed by atoms with E-state index >= 15 is 0 Å². The highest BCUT2D eigenvalue weighted by molar-refractivity contribution is 7.09. The fourth-order valence-corrected chi connectivity index (χ4v) is 4.24. The first-order valence-electron chi connectivity index (χ1n) is 9.83. The largest absolute Gasteiger partial charge is 0.293 e. The molecule has 1 atom stereocenters. The quantitative estimate of drug-likeness (QED) is 0.485. The Labute approximate surface area is 164 Å². The van der Waals surface area contributed by atoms with Crippen LogP contribution in [-0.2, 0) is 11.2 Å². The van der Waals surface area contributed by atoms with Crippen LogP contribution in [0.15, 0.2) is 46.9 Å². The molecule has 0 saturated heterocycles. The van der Waals surface area contributed by atoms with Crippen molar-refractivity contribution in [3.8, 4) is 0 Å². The smallest absolute Gasteiger partial charge is 0.178 e. The highest BCUT2D eigenvalue weighted by Gasteiger charge is 2.32. The summed E-state index contributed by atoms with van der Waals surface area (Å²) in [5.41, 5.74) is 1.24. The Morgan fingerprint density at radius 2 is 2.07 bits per heavy atom. The molecule has 1 aliphatic rings. The number of ketones is 1. The number of aryl methyl sites for hydroxylation is 1. The van der Waals surface area contributed by atoms with Crippen molar-refractivity contribution in [2.45, 2.75) is 57.9 Å². The van der Waals surface area contributed by atoms with Gasteiger partial charge in [-0.15, -0.1) is 11.3 Å². The summed E-state index contributed by atoms with van der Waals surface area (Å²) >= 11 is 1.73. The Morgan fingerprint density at radius 3 is 2.81 bits per heavy atom. The van der Waals surface area contributed by atoms with Crippen LogP contribution in [0.1, 0.15) is 61.9 Å². The van der Waals surface area contributed by atoms with Gasteiger partial charge < -0.3 is 0 Å². The van der Waals surface area contributed by atoms with Crippen molar-refractivity contribution in [2.24, 2.45) is 5.10 Å². The second kappa shape index (κ2) is 9.79. The number of nitrogens with zero attached hydrogens (tertiary/aromatic N) is 2. The van der Waals surface area contributed by atoms with E-state index in [4.69, 9.17) is 0 Å². The summed E-state index contributed by atoms with van der Waals surface area (Å²) in [6, 6.07) is 10.8. The lowest BCUT2D eigenvalue weighted by molar-refractivity contribution is -0.113. The SMILES string of the molecule is CCCCCN1N=C(C(=O)CCCc2cccs2)CC1c1ccccc1F. The molecule has 3 rings (SSSR count). The first-order valence-corrected chi connectivity index (χ1v) is 10.7. The van der Waals surface area contributed by atoms with Gasteiger partial charge in [0.25, 0.3) is 0 Å². The molecular formula is C22H27FN2OS. The number of carbonyl (C=O) groups excluding carboxylic acids is 1. The number of hydrogen-bond acceptors (Lipinski definition) is 4. The summed E-state index contributed by atoms with van der Waals surface area (Å²) in [5, 5.41) is 8.60. The van der Waals surface area contributed by atoms with Crippen molar-refractivity contribution in [1.29, 1.82) is 0 Å². The average Bonchev–Trinajstić information content (AvgIpc) is 3.32. The van der Waals surface area contributed by atoms with Crippen LogP contribution < -0.4 is 0 Å². The van der Waals surface area contributed by atoms with Crippen molar-refractivity contribution >= 4 is 22.8 Å². The van der Waals surface area contributed by atoms with E-state index in [1.807, 2.05) is 23.2 Å². The van der Waals surface area contributed by atoms with Crippen LogP contribution >= 0.6 is 11.3 Å². The molecule has 27 heavy (non-hydrogen) atoms.